The van der Waals surface area contributed by atoms with Crippen molar-refractivity contribution >= 4 is 33.3 Å². The third-order valence-electron chi connectivity index (χ3n) is 3.41. The maximum Gasteiger partial charge on any atom is 0.108 e. The normalized spacial score (nSPS) is 23.8. The Kier molecular flexibility index (Phi) is 3.59. The molecule has 1 aliphatic heterocycles. The van der Waals surface area contributed by atoms with Crippen molar-refractivity contribution in [3.63, 3.8) is 0 Å². The van der Waals surface area contributed by atoms with Crippen LogP contribution in [0.4, 0.5) is 0 Å². The van der Waals surface area contributed by atoms with E-state index >= 15 is 0 Å². The summed E-state index contributed by atoms with van der Waals surface area (Å²) in [5.74, 6) is 1.32. The van der Waals surface area contributed by atoms with Crippen LogP contribution in [-0.4, -0.2) is 22.0 Å². The van der Waals surface area contributed by atoms with E-state index in [0.717, 1.165) is 18.6 Å². The Labute approximate surface area is 116 Å². The molecule has 1 atom stereocenters. The number of hydrogen-bond acceptors (Lipinski definition) is 4. The van der Waals surface area contributed by atoms with Gasteiger partial charge in [0.25, 0.3) is 0 Å². The summed E-state index contributed by atoms with van der Waals surface area (Å²) >= 11 is 3.90. The van der Waals surface area contributed by atoms with E-state index in [4.69, 9.17) is 0 Å². The van der Waals surface area contributed by atoms with Crippen LogP contribution in [0.1, 0.15) is 24.8 Å². The summed E-state index contributed by atoms with van der Waals surface area (Å²) in [7, 11) is 0. The van der Waals surface area contributed by atoms with Crippen LogP contribution in [0.5, 0.6) is 0 Å². The highest BCUT2D eigenvalue weighted by molar-refractivity contribution is 8.00. The summed E-state index contributed by atoms with van der Waals surface area (Å²) in [5, 5.41) is 4.77. The highest BCUT2D eigenvalue weighted by Crippen LogP contribution is 2.37. The molecule has 1 unspecified atom stereocenters. The number of benzene rings is 1. The molecule has 0 aliphatic carbocycles. The maximum atomic E-state index is 4.65. The molecular formula is C14H18N2S2. The van der Waals surface area contributed by atoms with Crippen molar-refractivity contribution in [2.24, 2.45) is 0 Å². The van der Waals surface area contributed by atoms with E-state index in [1.54, 1.807) is 11.3 Å². The van der Waals surface area contributed by atoms with Gasteiger partial charge in [-0.25, -0.2) is 4.98 Å². The quantitative estimate of drug-likeness (QED) is 0.923. The third kappa shape index (κ3) is 2.71. The Morgan fingerprint density at radius 2 is 2.28 bits per heavy atom. The summed E-state index contributed by atoms with van der Waals surface area (Å²) in [5.41, 5.74) is 1.13. The fourth-order valence-electron chi connectivity index (χ4n) is 2.41. The molecule has 18 heavy (non-hydrogen) atoms. The van der Waals surface area contributed by atoms with Crippen LogP contribution >= 0.6 is 23.1 Å². The number of hydrogen-bond donors (Lipinski definition) is 1. The van der Waals surface area contributed by atoms with E-state index in [0.29, 0.717) is 4.75 Å². The number of aromatic nitrogens is 1. The summed E-state index contributed by atoms with van der Waals surface area (Å²) < 4.78 is 1.73. The van der Waals surface area contributed by atoms with Crippen molar-refractivity contribution in [1.82, 2.24) is 10.3 Å². The molecule has 96 valence electrons. The van der Waals surface area contributed by atoms with Gasteiger partial charge in [-0.3, -0.25) is 0 Å². The highest BCUT2D eigenvalue weighted by atomic mass is 32.2. The zero-order valence-electron chi connectivity index (χ0n) is 10.6. The van der Waals surface area contributed by atoms with Gasteiger partial charge in [-0.1, -0.05) is 12.1 Å². The van der Waals surface area contributed by atoms with Gasteiger partial charge in [0, 0.05) is 17.8 Å². The molecule has 1 fully saturated rings. The van der Waals surface area contributed by atoms with Crippen molar-refractivity contribution in [3.05, 3.63) is 29.3 Å². The number of rotatable bonds is 4. The van der Waals surface area contributed by atoms with E-state index in [2.05, 4.69) is 53.3 Å². The average Bonchev–Trinajstić information content (AvgIpc) is 2.95. The minimum Gasteiger partial charge on any atom is -0.309 e. The second-order valence-electron chi connectivity index (χ2n) is 5.08. The number of nitrogens with one attached hydrogen (secondary N) is 1. The lowest BCUT2D eigenvalue weighted by molar-refractivity contribution is 0.536. The average molecular weight is 278 g/mol. The Morgan fingerprint density at radius 3 is 3.06 bits per heavy atom. The van der Waals surface area contributed by atoms with Crippen LogP contribution in [-0.2, 0) is 6.54 Å². The van der Waals surface area contributed by atoms with Gasteiger partial charge in [0.1, 0.15) is 5.01 Å². The molecule has 1 saturated heterocycles. The molecule has 3 rings (SSSR count). The third-order valence-corrected chi connectivity index (χ3v) is 5.99. The number of thioether (sulfide) groups is 1. The summed E-state index contributed by atoms with van der Waals surface area (Å²) in [6, 6.07) is 8.36. The lowest BCUT2D eigenvalue weighted by atomic mass is 10.1. The smallest absolute Gasteiger partial charge is 0.108 e. The zero-order valence-corrected chi connectivity index (χ0v) is 12.2. The Morgan fingerprint density at radius 1 is 1.39 bits per heavy atom. The molecule has 1 N–H and O–H groups in total. The first kappa shape index (κ1) is 12.5. The van der Waals surface area contributed by atoms with Crippen LogP contribution in [0.3, 0.4) is 0 Å². The SMILES string of the molecule is CC1(CNCc2nc3ccccc3s2)CCCS1. The van der Waals surface area contributed by atoms with Crippen molar-refractivity contribution in [2.75, 3.05) is 12.3 Å². The first-order valence-corrected chi connectivity index (χ1v) is 8.25. The predicted octanol–water partition coefficient (Wildman–Crippen LogP) is 3.67. The minimum absolute atomic E-state index is 0.441. The van der Waals surface area contributed by atoms with Gasteiger partial charge in [0.05, 0.1) is 10.2 Å². The topological polar surface area (TPSA) is 24.9 Å². The van der Waals surface area contributed by atoms with Crippen LogP contribution in [0.25, 0.3) is 10.2 Å². The van der Waals surface area contributed by atoms with Crippen molar-refractivity contribution in [3.8, 4) is 0 Å². The number of fused-ring (bicyclic) bond motifs is 1. The Bertz CT molecular complexity index is 496. The largest absolute Gasteiger partial charge is 0.309 e. The molecule has 2 nitrogen and oxygen atoms in total. The first-order valence-electron chi connectivity index (χ1n) is 6.44. The number of para-hydroxylation sites is 1. The maximum absolute atomic E-state index is 4.65. The second-order valence-corrected chi connectivity index (χ2v) is 7.88. The molecule has 0 amide bonds. The monoisotopic (exact) mass is 278 g/mol. The van der Waals surface area contributed by atoms with Gasteiger partial charge < -0.3 is 5.32 Å². The fraction of sp³-hybridized carbons (Fsp3) is 0.500. The summed E-state index contributed by atoms with van der Waals surface area (Å²) in [4.78, 5) is 4.65. The lowest BCUT2D eigenvalue weighted by Gasteiger charge is -2.22. The van der Waals surface area contributed by atoms with Crippen molar-refractivity contribution in [1.29, 1.82) is 0 Å². The second kappa shape index (κ2) is 5.19. The van der Waals surface area contributed by atoms with Crippen LogP contribution < -0.4 is 5.32 Å². The fourth-order valence-corrected chi connectivity index (χ4v) is 4.62. The summed E-state index contributed by atoms with van der Waals surface area (Å²) in [6.07, 6.45) is 2.70. The highest BCUT2D eigenvalue weighted by Gasteiger charge is 2.28. The summed E-state index contributed by atoms with van der Waals surface area (Å²) in [6.45, 7) is 4.36. The predicted molar refractivity (Wildman–Crippen MR) is 81.4 cm³/mol. The van der Waals surface area contributed by atoms with Gasteiger partial charge in [0.15, 0.2) is 0 Å². The number of nitrogens with zero attached hydrogens (tertiary/aromatic N) is 1. The van der Waals surface area contributed by atoms with E-state index in [1.807, 2.05) is 0 Å². The van der Waals surface area contributed by atoms with Gasteiger partial charge in [-0.05, 0) is 37.7 Å². The molecule has 4 heteroatoms. The number of thiazole rings is 1. The van der Waals surface area contributed by atoms with Crippen molar-refractivity contribution in [2.45, 2.75) is 31.1 Å². The van der Waals surface area contributed by atoms with Crippen LogP contribution in [0.2, 0.25) is 0 Å². The molecule has 1 aliphatic rings. The Hall–Kier alpha value is -0.580. The van der Waals surface area contributed by atoms with E-state index in [9.17, 15) is 0 Å². The van der Waals surface area contributed by atoms with Gasteiger partial charge >= 0.3 is 0 Å². The standard InChI is InChI=1S/C14H18N2S2/c1-14(7-4-8-17-14)10-15-9-13-16-11-5-2-3-6-12(11)18-13/h2-3,5-6,15H,4,7-10H2,1H3. The first-order chi connectivity index (χ1) is 8.75. The molecule has 2 heterocycles. The van der Waals surface area contributed by atoms with Crippen LogP contribution in [0, 0.1) is 0 Å². The van der Waals surface area contributed by atoms with Crippen molar-refractivity contribution < 1.29 is 0 Å². The van der Waals surface area contributed by atoms with Crippen LogP contribution in [0.15, 0.2) is 24.3 Å². The van der Waals surface area contributed by atoms with Gasteiger partial charge in [-0.15, -0.1) is 11.3 Å². The minimum atomic E-state index is 0.441. The molecule has 1 aromatic heterocycles. The molecule has 0 bridgehead atoms. The molecule has 1 aromatic carbocycles. The van der Waals surface area contributed by atoms with Gasteiger partial charge in [-0.2, -0.15) is 11.8 Å². The molecule has 2 aromatic rings. The Balaban J connectivity index is 1.59. The lowest BCUT2D eigenvalue weighted by Crippen LogP contribution is -2.32. The van der Waals surface area contributed by atoms with Gasteiger partial charge in [0.2, 0.25) is 0 Å². The zero-order chi connectivity index (χ0) is 12.4. The molecule has 0 saturated carbocycles. The molecule has 0 radical (unpaired) electrons. The van der Waals surface area contributed by atoms with E-state index in [1.165, 1.54) is 28.3 Å². The van der Waals surface area contributed by atoms with E-state index in [-0.39, 0.29) is 0 Å². The van der Waals surface area contributed by atoms with E-state index < -0.39 is 0 Å². The molecular weight excluding hydrogens is 260 g/mol. The molecule has 0 spiro atoms.